The highest BCUT2D eigenvalue weighted by atomic mass is 16.4. The number of benzene rings is 2. The number of aromatic nitrogens is 2. The van der Waals surface area contributed by atoms with Gasteiger partial charge < -0.3 is 10.2 Å². The average molecular weight is 265 g/mol. The fourth-order valence-electron chi connectivity index (χ4n) is 2.04. The predicted octanol–water partition coefficient (Wildman–Crippen LogP) is 2.98. The summed E-state index contributed by atoms with van der Waals surface area (Å²) in [6, 6.07) is 19.4. The van der Waals surface area contributed by atoms with E-state index in [1.54, 1.807) is 0 Å². The molecule has 100 valence electrons. The molecule has 0 unspecified atom stereocenters. The number of hydrogen-bond acceptors (Lipinski definition) is 4. The van der Waals surface area contributed by atoms with Crippen LogP contribution in [0.5, 0.6) is 0 Å². The minimum absolute atomic E-state index is 0.289. The molecular weight excluding hydrogens is 250 g/mol. The first kappa shape index (κ1) is 12.6. The second-order valence-corrected chi connectivity index (χ2v) is 4.61. The predicted molar refractivity (Wildman–Crippen MR) is 76.8 cm³/mol. The maximum absolute atomic E-state index is 6.12. The normalized spacial score (nSPS) is 12.2. The molecule has 0 fully saturated rings. The van der Waals surface area contributed by atoms with Crippen molar-refractivity contribution in [2.24, 2.45) is 5.73 Å². The maximum Gasteiger partial charge on any atom is 0.247 e. The Morgan fingerprint density at radius 3 is 2.25 bits per heavy atom. The first-order valence-electron chi connectivity index (χ1n) is 6.51. The van der Waals surface area contributed by atoms with Gasteiger partial charge in [-0.2, -0.15) is 0 Å². The molecule has 2 aromatic carbocycles. The Kier molecular flexibility index (Phi) is 3.56. The van der Waals surface area contributed by atoms with Crippen molar-refractivity contribution in [3.8, 4) is 11.5 Å². The molecule has 3 aromatic rings. The van der Waals surface area contributed by atoms with Crippen LogP contribution in [0.4, 0.5) is 0 Å². The van der Waals surface area contributed by atoms with Crippen LogP contribution in [0.2, 0.25) is 0 Å². The van der Waals surface area contributed by atoms with Crippen LogP contribution >= 0.6 is 0 Å². The summed E-state index contributed by atoms with van der Waals surface area (Å²) < 4.78 is 5.66. The van der Waals surface area contributed by atoms with Crippen LogP contribution in [0.15, 0.2) is 65.1 Å². The molecule has 0 saturated heterocycles. The highest BCUT2D eigenvalue weighted by molar-refractivity contribution is 5.51. The van der Waals surface area contributed by atoms with Crippen LogP contribution in [0, 0.1) is 0 Å². The van der Waals surface area contributed by atoms with Gasteiger partial charge in [0.25, 0.3) is 0 Å². The Balaban J connectivity index is 1.77. The maximum atomic E-state index is 6.12. The molecule has 0 saturated carbocycles. The van der Waals surface area contributed by atoms with Gasteiger partial charge in [-0.1, -0.05) is 48.5 Å². The lowest BCUT2D eigenvalue weighted by atomic mass is 10.1. The van der Waals surface area contributed by atoms with E-state index in [0.717, 1.165) is 11.1 Å². The van der Waals surface area contributed by atoms with E-state index < -0.39 is 0 Å². The molecule has 4 heteroatoms. The second-order valence-electron chi connectivity index (χ2n) is 4.61. The largest absolute Gasteiger partial charge is 0.419 e. The highest BCUT2D eigenvalue weighted by Gasteiger charge is 2.15. The van der Waals surface area contributed by atoms with E-state index >= 15 is 0 Å². The van der Waals surface area contributed by atoms with Gasteiger partial charge in [-0.05, 0) is 24.1 Å². The molecule has 0 radical (unpaired) electrons. The molecule has 0 spiro atoms. The zero-order valence-corrected chi connectivity index (χ0v) is 10.9. The number of nitrogens with two attached hydrogens (primary N) is 1. The topological polar surface area (TPSA) is 64.9 Å². The average Bonchev–Trinajstić information content (AvgIpc) is 2.99. The van der Waals surface area contributed by atoms with Crippen LogP contribution in [0.25, 0.3) is 11.5 Å². The number of nitrogens with zero attached hydrogens (tertiary/aromatic N) is 2. The third kappa shape index (κ3) is 2.75. The van der Waals surface area contributed by atoms with Crippen LogP contribution in [-0.2, 0) is 6.42 Å². The van der Waals surface area contributed by atoms with Gasteiger partial charge in [0, 0.05) is 5.56 Å². The van der Waals surface area contributed by atoms with Crippen LogP contribution in [0.1, 0.15) is 17.5 Å². The van der Waals surface area contributed by atoms with Crippen molar-refractivity contribution in [2.75, 3.05) is 0 Å². The van der Waals surface area contributed by atoms with E-state index in [4.69, 9.17) is 10.2 Å². The zero-order chi connectivity index (χ0) is 13.8. The lowest BCUT2D eigenvalue weighted by Crippen LogP contribution is -2.13. The molecule has 0 aliphatic carbocycles. The van der Waals surface area contributed by atoms with Crippen LogP contribution in [-0.4, -0.2) is 10.2 Å². The molecule has 0 amide bonds. The minimum Gasteiger partial charge on any atom is -0.419 e. The fourth-order valence-corrected chi connectivity index (χ4v) is 2.04. The molecule has 2 N–H and O–H groups in total. The second kappa shape index (κ2) is 5.67. The summed E-state index contributed by atoms with van der Waals surface area (Å²) in [5.41, 5.74) is 8.18. The summed E-state index contributed by atoms with van der Waals surface area (Å²) in [7, 11) is 0. The van der Waals surface area contributed by atoms with Crippen LogP contribution in [0.3, 0.4) is 0 Å². The van der Waals surface area contributed by atoms with Crippen molar-refractivity contribution in [1.29, 1.82) is 0 Å². The SMILES string of the molecule is N[C@H](Cc1ccccc1)c1nnc(-c2ccccc2)o1. The van der Waals surface area contributed by atoms with E-state index in [1.165, 1.54) is 0 Å². The minimum atomic E-state index is -0.289. The summed E-state index contributed by atoms with van der Waals surface area (Å²) in [6.45, 7) is 0. The Morgan fingerprint density at radius 2 is 1.55 bits per heavy atom. The molecular formula is C16H15N3O. The molecule has 1 aromatic heterocycles. The van der Waals surface area contributed by atoms with E-state index in [0.29, 0.717) is 18.2 Å². The van der Waals surface area contributed by atoms with E-state index in [9.17, 15) is 0 Å². The van der Waals surface area contributed by atoms with Gasteiger partial charge in [-0.3, -0.25) is 0 Å². The molecule has 0 bridgehead atoms. The summed E-state index contributed by atoms with van der Waals surface area (Å²) in [5.74, 6) is 0.969. The van der Waals surface area contributed by atoms with Crippen molar-refractivity contribution in [3.63, 3.8) is 0 Å². The first-order chi connectivity index (χ1) is 9.83. The molecule has 4 nitrogen and oxygen atoms in total. The summed E-state index contributed by atoms with van der Waals surface area (Å²) in [6.07, 6.45) is 0.678. The molecule has 0 aliphatic rings. The van der Waals surface area contributed by atoms with Gasteiger partial charge >= 0.3 is 0 Å². The summed E-state index contributed by atoms with van der Waals surface area (Å²) >= 11 is 0. The Labute approximate surface area is 117 Å². The summed E-state index contributed by atoms with van der Waals surface area (Å²) in [4.78, 5) is 0. The van der Waals surface area contributed by atoms with E-state index in [1.807, 2.05) is 60.7 Å². The molecule has 3 rings (SSSR count). The lowest BCUT2D eigenvalue weighted by Gasteiger charge is -2.06. The van der Waals surface area contributed by atoms with E-state index in [-0.39, 0.29) is 6.04 Å². The van der Waals surface area contributed by atoms with Crippen molar-refractivity contribution in [1.82, 2.24) is 10.2 Å². The fraction of sp³-hybridized carbons (Fsp3) is 0.125. The van der Waals surface area contributed by atoms with Crippen molar-refractivity contribution >= 4 is 0 Å². The third-order valence-electron chi connectivity index (χ3n) is 3.08. The number of hydrogen-bond donors (Lipinski definition) is 1. The van der Waals surface area contributed by atoms with Gasteiger partial charge in [0.05, 0.1) is 6.04 Å². The first-order valence-corrected chi connectivity index (χ1v) is 6.51. The van der Waals surface area contributed by atoms with Crippen LogP contribution < -0.4 is 5.73 Å². The Hall–Kier alpha value is -2.46. The van der Waals surface area contributed by atoms with E-state index in [2.05, 4.69) is 10.2 Å². The van der Waals surface area contributed by atoms with Gasteiger partial charge in [0.1, 0.15) is 0 Å². The van der Waals surface area contributed by atoms with Gasteiger partial charge in [-0.15, -0.1) is 10.2 Å². The standard InChI is InChI=1S/C16H15N3O/c17-14(11-12-7-3-1-4-8-12)16-19-18-15(20-16)13-9-5-2-6-10-13/h1-10,14H,11,17H2/t14-/m1/s1. The molecule has 1 heterocycles. The highest BCUT2D eigenvalue weighted by Crippen LogP contribution is 2.21. The third-order valence-corrected chi connectivity index (χ3v) is 3.08. The Morgan fingerprint density at radius 1 is 0.900 bits per heavy atom. The lowest BCUT2D eigenvalue weighted by molar-refractivity contribution is 0.457. The van der Waals surface area contributed by atoms with Crippen molar-refractivity contribution < 1.29 is 4.42 Å². The van der Waals surface area contributed by atoms with Gasteiger partial charge in [0.2, 0.25) is 11.8 Å². The summed E-state index contributed by atoms with van der Waals surface area (Å²) in [5, 5.41) is 8.10. The molecule has 20 heavy (non-hydrogen) atoms. The molecule has 0 aliphatic heterocycles. The quantitative estimate of drug-likeness (QED) is 0.787. The number of rotatable bonds is 4. The van der Waals surface area contributed by atoms with Gasteiger partial charge in [-0.25, -0.2) is 0 Å². The monoisotopic (exact) mass is 265 g/mol. The Bertz CT molecular complexity index is 664. The molecule has 1 atom stereocenters. The van der Waals surface area contributed by atoms with Crippen molar-refractivity contribution in [3.05, 3.63) is 72.1 Å². The zero-order valence-electron chi connectivity index (χ0n) is 10.9. The smallest absolute Gasteiger partial charge is 0.247 e. The van der Waals surface area contributed by atoms with Crippen molar-refractivity contribution in [2.45, 2.75) is 12.5 Å². The van der Waals surface area contributed by atoms with Gasteiger partial charge in [0.15, 0.2) is 0 Å².